The highest BCUT2D eigenvalue weighted by Gasteiger charge is 2.82. The predicted octanol–water partition coefficient (Wildman–Crippen LogP) is 3.56. The molecule has 0 N–H and O–H groups in total. The van der Waals surface area contributed by atoms with E-state index in [0.29, 0.717) is 42.3 Å². The standard InChI is InChI=1S/C19H42O14Si8/c1-10-34-22-35(11-2)25-38(14-5)27-36(12-3,23-34)29-40(16-7)30-37(13-4,24-34)28-39(15-6,26-35)32-41(31-38,33-40)17-21-19(20)18(8)9/h8,10-17H2,1-7,9H3. The van der Waals surface area contributed by atoms with Crippen LogP contribution in [0, 0.1) is 0 Å². The van der Waals surface area contributed by atoms with Crippen LogP contribution in [-0.2, 0) is 58.9 Å². The molecule has 6 aliphatic rings. The molecule has 6 saturated heterocycles. The zero-order valence-corrected chi connectivity index (χ0v) is 33.1. The maximum Gasteiger partial charge on any atom is 0.518 e. The van der Waals surface area contributed by atoms with Crippen LogP contribution >= 0.6 is 0 Å². The summed E-state index contributed by atoms with van der Waals surface area (Å²) in [7, 11) is -30.3. The molecule has 0 radical (unpaired) electrons. The van der Waals surface area contributed by atoms with Gasteiger partial charge in [0.1, 0.15) is 0 Å². The van der Waals surface area contributed by atoms with Crippen molar-refractivity contribution in [1.29, 1.82) is 0 Å². The highest BCUT2D eigenvalue weighted by atomic mass is 28.6. The van der Waals surface area contributed by atoms with Crippen molar-refractivity contribution in [2.45, 2.75) is 97.7 Å². The second-order valence-electron chi connectivity index (χ2n) is 10.5. The number of rotatable bonds is 10. The highest BCUT2D eigenvalue weighted by Crippen LogP contribution is 2.52. The topological polar surface area (TPSA) is 137 Å². The second kappa shape index (κ2) is 11.1. The van der Waals surface area contributed by atoms with Gasteiger partial charge in [-0.2, -0.15) is 0 Å². The Bertz CT molecular complexity index is 946. The smallest absolute Gasteiger partial charge is 0.458 e. The summed E-state index contributed by atoms with van der Waals surface area (Å²) in [5, 5.41) is 0. The first kappa shape index (κ1) is 32.8. The Morgan fingerprint density at radius 2 is 0.659 bits per heavy atom. The molecule has 41 heavy (non-hydrogen) atoms. The van der Waals surface area contributed by atoms with Crippen LogP contribution in [0.1, 0.15) is 55.4 Å². The number of carbonyl (C=O) groups is 1. The second-order valence-corrected chi connectivity index (χ2v) is 36.5. The van der Waals surface area contributed by atoms with E-state index in [9.17, 15) is 4.79 Å². The molecule has 22 heteroatoms. The number of hydrogen-bond donors (Lipinski definition) is 0. The van der Waals surface area contributed by atoms with Gasteiger partial charge in [0.15, 0.2) is 6.23 Å². The van der Waals surface area contributed by atoms with Gasteiger partial charge in [0.2, 0.25) is 0 Å². The summed E-state index contributed by atoms with van der Waals surface area (Å²) < 4.78 is 89.7. The Kier molecular flexibility index (Phi) is 8.87. The minimum absolute atomic E-state index is 0.218. The Balaban J connectivity index is 1.82. The van der Waals surface area contributed by atoms with Gasteiger partial charge in [-0.3, -0.25) is 0 Å². The minimum Gasteiger partial charge on any atom is -0.458 e. The lowest BCUT2D eigenvalue weighted by Gasteiger charge is -2.62. The van der Waals surface area contributed by atoms with E-state index in [1.165, 1.54) is 0 Å². The first-order valence-corrected chi connectivity index (χ1v) is 29.9. The van der Waals surface area contributed by atoms with E-state index in [1.54, 1.807) is 6.92 Å². The van der Waals surface area contributed by atoms with Crippen LogP contribution in [0.2, 0.25) is 42.3 Å². The van der Waals surface area contributed by atoms with E-state index in [0.717, 1.165) is 0 Å². The fourth-order valence-corrected chi connectivity index (χ4v) is 54.1. The van der Waals surface area contributed by atoms with Crippen molar-refractivity contribution in [3.63, 3.8) is 0 Å². The predicted molar refractivity (Wildman–Crippen MR) is 158 cm³/mol. The first-order valence-electron chi connectivity index (χ1n) is 14.5. The molecule has 0 amide bonds. The average Bonchev–Trinajstić information content (AvgIpc) is 2.90. The lowest BCUT2D eigenvalue weighted by molar-refractivity contribution is -0.139. The van der Waals surface area contributed by atoms with Crippen molar-refractivity contribution in [3.8, 4) is 0 Å². The molecule has 0 atom stereocenters. The average molecular weight is 719 g/mol. The van der Waals surface area contributed by atoms with Crippen molar-refractivity contribution in [1.82, 2.24) is 0 Å². The molecule has 6 heterocycles. The van der Waals surface area contributed by atoms with Gasteiger partial charge in [-0.25, -0.2) is 4.79 Å². The SMILES string of the molecule is C=C(C)C(=O)OC[Si]12O[Si]3(CC)O[Si]4(CC)O[Si]5(CC)O[Si](CC)(O3)O[Si](CC)(O[Si](CC)(O5)O[Si](CC)(O4)O1)O2. The van der Waals surface area contributed by atoms with E-state index < -0.39 is 76.4 Å². The lowest BCUT2D eigenvalue weighted by atomic mass is 10.4. The van der Waals surface area contributed by atoms with E-state index in [-0.39, 0.29) is 11.8 Å². The quantitative estimate of drug-likeness (QED) is 0.185. The van der Waals surface area contributed by atoms with Gasteiger partial charge in [0.05, 0.1) is 0 Å². The minimum atomic E-state index is -4.14. The summed E-state index contributed by atoms with van der Waals surface area (Å²) in [5.74, 6) is -0.617. The molecule has 6 aliphatic heterocycles. The van der Waals surface area contributed by atoms with Crippen LogP contribution in [0.3, 0.4) is 0 Å². The van der Waals surface area contributed by atoms with Gasteiger partial charge < -0.3 is 54.1 Å². The third-order valence-corrected chi connectivity index (χ3v) is 43.9. The lowest BCUT2D eigenvalue weighted by Crippen LogP contribution is -2.88. The Morgan fingerprint density at radius 1 is 0.463 bits per heavy atom. The summed E-state index contributed by atoms with van der Waals surface area (Å²) in [6.45, 7) is 18.7. The highest BCUT2D eigenvalue weighted by molar-refractivity contribution is 7.03. The molecule has 6 rings (SSSR count). The van der Waals surface area contributed by atoms with Crippen molar-refractivity contribution in [2.75, 3.05) is 6.23 Å². The summed E-state index contributed by atoms with van der Waals surface area (Å²) in [6.07, 6.45) is -0.360. The Hall–Kier alpha value is 0.465. The molecule has 0 saturated carbocycles. The number of hydrogen-bond acceptors (Lipinski definition) is 14. The van der Waals surface area contributed by atoms with Crippen LogP contribution in [0.5, 0.6) is 0 Å². The number of carbonyl (C=O) groups excluding carboxylic acids is 1. The monoisotopic (exact) mass is 718 g/mol. The summed E-state index contributed by atoms with van der Waals surface area (Å²) in [6, 6.07) is 2.44. The third kappa shape index (κ3) is 5.59. The van der Waals surface area contributed by atoms with Gasteiger partial charge >= 0.3 is 76.4 Å². The molecule has 0 aromatic rings. The molecule has 0 aliphatic carbocycles. The molecule has 0 aromatic carbocycles. The van der Waals surface area contributed by atoms with Gasteiger partial charge in [-0.15, -0.1) is 0 Å². The largest absolute Gasteiger partial charge is 0.518 e. The van der Waals surface area contributed by atoms with Crippen molar-refractivity contribution in [2.24, 2.45) is 0 Å². The fraction of sp³-hybridized carbons (Fsp3) is 0.842. The van der Waals surface area contributed by atoms with E-state index >= 15 is 0 Å². The molecular weight excluding hydrogens is 677 g/mol. The molecule has 234 valence electrons. The number of ether oxygens (including phenoxy) is 1. The zero-order valence-electron chi connectivity index (χ0n) is 25.1. The zero-order chi connectivity index (χ0) is 30.0. The van der Waals surface area contributed by atoms with Crippen molar-refractivity contribution in [3.05, 3.63) is 12.2 Å². The molecule has 6 fully saturated rings. The van der Waals surface area contributed by atoms with Crippen LogP contribution in [-0.4, -0.2) is 82.6 Å². The van der Waals surface area contributed by atoms with Crippen LogP contribution in [0.25, 0.3) is 0 Å². The molecule has 0 unspecified atom stereocenters. The molecular formula is C19H42O14Si8. The van der Waals surface area contributed by atoms with Crippen molar-refractivity contribution >= 4 is 76.4 Å². The molecule has 0 aromatic heterocycles. The van der Waals surface area contributed by atoms with Crippen molar-refractivity contribution < 1.29 is 58.9 Å². The van der Waals surface area contributed by atoms with E-state index in [1.807, 2.05) is 48.5 Å². The first-order chi connectivity index (χ1) is 19.2. The molecule has 0 spiro atoms. The fourth-order valence-electron chi connectivity index (χ4n) is 5.22. The molecule has 14 nitrogen and oxygen atoms in total. The Labute approximate surface area is 250 Å². The summed E-state index contributed by atoms with van der Waals surface area (Å²) in [4.78, 5) is 12.7. The summed E-state index contributed by atoms with van der Waals surface area (Å²) in [5.41, 5.74) is 0.218. The maximum absolute atomic E-state index is 12.7. The number of esters is 1. The van der Waals surface area contributed by atoms with Gasteiger partial charge in [-0.1, -0.05) is 55.0 Å². The normalized spacial score (nSPS) is 48.6. The third-order valence-electron chi connectivity index (χ3n) is 7.49. The van der Waals surface area contributed by atoms with Crippen LogP contribution in [0.15, 0.2) is 12.2 Å². The van der Waals surface area contributed by atoms with Gasteiger partial charge in [0, 0.05) is 47.9 Å². The summed E-state index contributed by atoms with van der Waals surface area (Å²) >= 11 is 0. The van der Waals surface area contributed by atoms with Gasteiger partial charge in [0.25, 0.3) is 0 Å². The Morgan fingerprint density at radius 3 is 0.829 bits per heavy atom. The molecule has 8 bridgehead atoms. The van der Waals surface area contributed by atoms with E-state index in [2.05, 4.69) is 6.58 Å². The van der Waals surface area contributed by atoms with Crippen LogP contribution < -0.4 is 0 Å². The van der Waals surface area contributed by atoms with Crippen LogP contribution in [0.4, 0.5) is 0 Å². The maximum atomic E-state index is 12.7. The van der Waals surface area contributed by atoms with Gasteiger partial charge in [-0.05, 0) is 6.92 Å². The van der Waals surface area contributed by atoms with E-state index in [4.69, 9.17) is 54.1 Å².